The smallest absolute Gasteiger partial charge is 0.320 e. The first-order valence-corrected chi connectivity index (χ1v) is 8.20. The number of ether oxygens (including phenoxy) is 2. The fourth-order valence-electron chi connectivity index (χ4n) is 3.11. The summed E-state index contributed by atoms with van der Waals surface area (Å²) in [7, 11) is 2.49. The monoisotopic (exact) mass is 324 g/mol. The fourth-order valence-corrected chi connectivity index (χ4v) is 4.04. The van der Waals surface area contributed by atoms with Crippen LogP contribution >= 0.6 is 11.3 Å². The van der Waals surface area contributed by atoms with E-state index in [-0.39, 0.29) is 11.7 Å². The number of Topliss-reactive ketones (excluding diaryl/α,β-unsaturated/α-hetero) is 1. The van der Waals surface area contributed by atoms with Crippen LogP contribution in [0.5, 0.6) is 0 Å². The Hall–Kier alpha value is -1.69. The van der Waals surface area contributed by atoms with Gasteiger partial charge >= 0.3 is 11.9 Å². The summed E-state index contributed by atoms with van der Waals surface area (Å²) in [5, 5.41) is 1.88. The van der Waals surface area contributed by atoms with Gasteiger partial charge in [-0.25, -0.2) is 0 Å². The Bertz CT molecular complexity index is 521. The minimum atomic E-state index is -1.10. The number of carbonyl (C=O) groups excluding carboxylic acids is 3. The number of thiophene rings is 1. The third kappa shape index (κ3) is 3.38. The van der Waals surface area contributed by atoms with E-state index in [1.807, 2.05) is 17.5 Å². The van der Waals surface area contributed by atoms with Gasteiger partial charge in [-0.3, -0.25) is 14.4 Å². The Morgan fingerprint density at radius 1 is 1.23 bits per heavy atom. The Balaban J connectivity index is 2.43. The van der Waals surface area contributed by atoms with Crippen LogP contribution in [0, 0.1) is 11.8 Å². The predicted octanol–water partition coefficient (Wildman–Crippen LogP) is 2.55. The first kappa shape index (κ1) is 16.7. The molecular formula is C16H20O5S. The molecule has 6 heteroatoms. The lowest BCUT2D eigenvalue weighted by molar-refractivity contribution is -0.161. The van der Waals surface area contributed by atoms with Crippen LogP contribution in [0.1, 0.15) is 36.5 Å². The average molecular weight is 324 g/mol. The van der Waals surface area contributed by atoms with Crippen molar-refractivity contribution in [1.29, 1.82) is 0 Å². The topological polar surface area (TPSA) is 69.7 Å². The summed E-state index contributed by atoms with van der Waals surface area (Å²) in [5.41, 5.74) is 0. The number of carbonyl (C=O) groups is 3. The quantitative estimate of drug-likeness (QED) is 0.615. The zero-order valence-electron chi connectivity index (χ0n) is 12.7. The van der Waals surface area contributed by atoms with Gasteiger partial charge in [-0.05, 0) is 24.3 Å². The van der Waals surface area contributed by atoms with Crippen molar-refractivity contribution in [3.05, 3.63) is 22.4 Å². The molecule has 120 valence electrons. The van der Waals surface area contributed by atoms with Crippen LogP contribution in [0.3, 0.4) is 0 Å². The first-order chi connectivity index (χ1) is 10.6. The van der Waals surface area contributed by atoms with Crippen LogP contribution in [-0.2, 0) is 23.9 Å². The summed E-state index contributed by atoms with van der Waals surface area (Å²) >= 11 is 1.44. The molecule has 1 saturated carbocycles. The van der Waals surface area contributed by atoms with Gasteiger partial charge in [0.25, 0.3) is 0 Å². The van der Waals surface area contributed by atoms with Crippen molar-refractivity contribution in [2.45, 2.75) is 31.6 Å². The molecular weight excluding hydrogens is 304 g/mol. The van der Waals surface area contributed by atoms with E-state index in [2.05, 4.69) is 0 Å². The van der Waals surface area contributed by atoms with Gasteiger partial charge in [-0.1, -0.05) is 12.5 Å². The Kier molecular flexibility index (Phi) is 5.71. The summed E-state index contributed by atoms with van der Waals surface area (Å²) in [5.74, 6) is -3.13. The van der Waals surface area contributed by atoms with Crippen molar-refractivity contribution < 1.29 is 23.9 Å². The van der Waals surface area contributed by atoms with E-state index < -0.39 is 23.8 Å². The Labute approximate surface area is 133 Å². The van der Waals surface area contributed by atoms with E-state index in [4.69, 9.17) is 9.47 Å². The maximum Gasteiger partial charge on any atom is 0.320 e. The van der Waals surface area contributed by atoms with Crippen molar-refractivity contribution in [3.8, 4) is 0 Å². The number of hydrogen-bond acceptors (Lipinski definition) is 6. The molecule has 0 bridgehead atoms. The summed E-state index contributed by atoms with van der Waals surface area (Å²) in [6.45, 7) is 0. The highest BCUT2D eigenvalue weighted by Gasteiger charge is 2.45. The van der Waals surface area contributed by atoms with Gasteiger partial charge in [0.05, 0.1) is 14.2 Å². The van der Waals surface area contributed by atoms with E-state index in [1.54, 1.807) is 0 Å². The van der Waals surface area contributed by atoms with Gasteiger partial charge in [-0.15, -0.1) is 11.3 Å². The van der Waals surface area contributed by atoms with Crippen molar-refractivity contribution in [2.75, 3.05) is 14.2 Å². The number of rotatable bonds is 5. The molecule has 1 aliphatic carbocycles. The second-order valence-corrected chi connectivity index (χ2v) is 6.36. The third-order valence-electron chi connectivity index (χ3n) is 4.18. The average Bonchev–Trinajstić information content (AvgIpc) is 3.06. The van der Waals surface area contributed by atoms with Crippen LogP contribution in [0.25, 0.3) is 0 Å². The normalized spacial score (nSPS) is 19.8. The van der Waals surface area contributed by atoms with Gasteiger partial charge in [0.1, 0.15) is 5.78 Å². The molecule has 2 rings (SSSR count). The maximum atomic E-state index is 12.4. The standard InChI is InChI=1S/C16H20O5S/c1-20-15(18)14(16(19)21-2)13(12-8-5-9-22-12)10-6-3-4-7-11(10)17/h5,8-10,13-14H,3-4,6-7H2,1-2H3/t10-,13-/m1/s1. The molecule has 0 N–H and O–H groups in total. The minimum absolute atomic E-state index is 0.113. The molecule has 1 heterocycles. The van der Waals surface area contributed by atoms with Crippen molar-refractivity contribution in [2.24, 2.45) is 11.8 Å². The van der Waals surface area contributed by atoms with Gasteiger partial charge in [0.2, 0.25) is 0 Å². The fraction of sp³-hybridized carbons (Fsp3) is 0.562. The van der Waals surface area contributed by atoms with Crippen molar-refractivity contribution >= 4 is 29.1 Å². The van der Waals surface area contributed by atoms with Crippen LogP contribution in [-0.4, -0.2) is 31.9 Å². The first-order valence-electron chi connectivity index (χ1n) is 7.32. The summed E-state index contributed by atoms with van der Waals surface area (Å²) < 4.78 is 9.59. The summed E-state index contributed by atoms with van der Waals surface area (Å²) in [6.07, 6.45) is 2.98. The highest BCUT2D eigenvalue weighted by molar-refractivity contribution is 7.10. The number of esters is 2. The predicted molar refractivity (Wildman–Crippen MR) is 81.5 cm³/mol. The third-order valence-corrected chi connectivity index (χ3v) is 5.15. The Morgan fingerprint density at radius 3 is 2.41 bits per heavy atom. The summed E-state index contributed by atoms with van der Waals surface area (Å²) in [6, 6.07) is 3.71. The SMILES string of the molecule is COC(=O)C(C(=O)OC)[C@@H](c1cccs1)[C@@H]1CCCCC1=O. The molecule has 0 unspecified atom stereocenters. The molecule has 5 nitrogen and oxygen atoms in total. The lowest BCUT2D eigenvalue weighted by Gasteiger charge is -2.31. The van der Waals surface area contributed by atoms with Crippen molar-refractivity contribution in [3.63, 3.8) is 0 Å². The molecule has 2 atom stereocenters. The highest BCUT2D eigenvalue weighted by Crippen LogP contribution is 2.41. The van der Waals surface area contributed by atoms with Crippen LogP contribution in [0.2, 0.25) is 0 Å². The molecule has 1 aromatic rings. The molecule has 0 aliphatic heterocycles. The zero-order chi connectivity index (χ0) is 16.1. The number of ketones is 1. The molecule has 1 fully saturated rings. The largest absolute Gasteiger partial charge is 0.468 e. The van der Waals surface area contributed by atoms with Crippen LogP contribution < -0.4 is 0 Å². The molecule has 1 aliphatic rings. The van der Waals surface area contributed by atoms with E-state index in [0.29, 0.717) is 12.8 Å². The van der Waals surface area contributed by atoms with Crippen LogP contribution in [0.4, 0.5) is 0 Å². The zero-order valence-corrected chi connectivity index (χ0v) is 13.6. The van der Waals surface area contributed by atoms with E-state index in [9.17, 15) is 14.4 Å². The van der Waals surface area contributed by atoms with Gasteiger partial charge in [-0.2, -0.15) is 0 Å². The number of hydrogen-bond donors (Lipinski definition) is 0. The van der Waals surface area contributed by atoms with E-state index in [1.165, 1.54) is 25.6 Å². The van der Waals surface area contributed by atoms with Gasteiger partial charge in [0.15, 0.2) is 5.92 Å². The van der Waals surface area contributed by atoms with E-state index >= 15 is 0 Å². The lowest BCUT2D eigenvalue weighted by atomic mass is 9.72. The van der Waals surface area contributed by atoms with Gasteiger partial charge < -0.3 is 9.47 Å². The second kappa shape index (κ2) is 7.54. The summed E-state index contributed by atoms with van der Waals surface area (Å²) in [4.78, 5) is 37.5. The molecule has 0 spiro atoms. The molecule has 0 aromatic carbocycles. The number of methoxy groups -OCH3 is 2. The van der Waals surface area contributed by atoms with Crippen molar-refractivity contribution in [1.82, 2.24) is 0 Å². The highest BCUT2D eigenvalue weighted by atomic mass is 32.1. The second-order valence-electron chi connectivity index (χ2n) is 5.38. The van der Waals surface area contributed by atoms with Crippen LogP contribution in [0.15, 0.2) is 17.5 Å². The minimum Gasteiger partial charge on any atom is -0.468 e. The Morgan fingerprint density at radius 2 is 1.91 bits per heavy atom. The molecule has 22 heavy (non-hydrogen) atoms. The molecule has 0 amide bonds. The van der Waals surface area contributed by atoms with Gasteiger partial charge in [0, 0.05) is 23.1 Å². The lowest BCUT2D eigenvalue weighted by Crippen LogP contribution is -2.38. The molecule has 0 radical (unpaired) electrons. The van der Waals surface area contributed by atoms with E-state index in [0.717, 1.165) is 17.7 Å². The maximum absolute atomic E-state index is 12.4. The molecule has 0 saturated heterocycles. The molecule has 1 aromatic heterocycles.